The molecule has 1 saturated heterocycles. The first-order valence-corrected chi connectivity index (χ1v) is 9.99. The largest absolute Gasteiger partial charge is 0.341 e. The van der Waals surface area contributed by atoms with Gasteiger partial charge in [0.15, 0.2) is 5.78 Å². The standard InChI is InChI=1S/C23H24N4O2/c1-17(28)20-8-9-21(24-15-20)18-6-5-7-19(14-18)22-10-13-27(25-22)16-23(29)26-11-3-2-4-12-26/h5-10,13-15H,2-4,11-12,16H2,1H3. The molecule has 2 aromatic heterocycles. The number of amides is 1. The predicted octanol–water partition coefficient (Wildman–Crippen LogP) is 3.83. The molecule has 3 aromatic rings. The number of piperidine rings is 1. The average molecular weight is 388 g/mol. The molecule has 1 aromatic carbocycles. The van der Waals surface area contributed by atoms with Gasteiger partial charge < -0.3 is 4.90 Å². The summed E-state index contributed by atoms with van der Waals surface area (Å²) >= 11 is 0. The van der Waals surface area contributed by atoms with Gasteiger partial charge in [-0.05, 0) is 50.5 Å². The summed E-state index contributed by atoms with van der Waals surface area (Å²) in [5, 5.41) is 4.59. The summed E-state index contributed by atoms with van der Waals surface area (Å²) in [4.78, 5) is 30.2. The minimum atomic E-state index is 0.00226. The second-order valence-electron chi connectivity index (χ2n) is 7.41. The molecule has 0 atom stereocenters. The first-order valence-electron chi connectivity index (χ1n) is 9.99. The van der Waals surface area contributed by atoms with Gasteiger partial charge >= 0.3 is 0 Å². The number of nitrogens with zero attached hydrogens (tertiary/aromatic N) is 4. The Morgan fingerprint density at radius 1 is 0.966 bits per heavy atom. The van der Waals surface area contributed by atoms with E-state index in [1.807, 2.05) is 47.5 Å². The van der Waals surface area contributed by atoms with Gasteiger partial charge in [-0.15, -0.1) is 0 Å². The zero-order valence-corrected chi connectivity index (χ0v) is 16.5. The van der Waals surface area contributed by atoms with E-state index >= 15 is 0 Å². The van der Waals surface area contributed by atoms with E-state index in [9.17, 15) is 9.59 Å². The summed E-state index contributed by atoms with van der Waals surface area (Å²) in [6.45, 7) is 3.51. The van der Waals surface area contributed by atoms with Gasteiger partial charge in [-0.25, -0.2) is 0 Å². The fraction of sp³-hybridized carbons (Fsp3) is 0.304. The summed E-state index contributed by atoms with van der Waals surface area (Å²) in [7, 11) is 0. The summed E-state index contributed by atoms with van der Waals surface area (Å²) in [6, 6.07) is 13.5. The monoisotopic (exact) mass is 388 g/mol. The smallest absolute Gasteiger partial charge is 0.244 e. The number of rotatable bonds is 5. The fourth-order valence-electron chi connectivity index (χ4n) is 3.60. The lowest BCUT2D eigenvalue weighted by atomic mass is 10.0. The molecule has 0 unspecified atom stereocenters. The normalized spacial score (nSPS) is 14.0. The number of carbonyl (C=O) groups is 2. The predicted molar refractivity (Wildman–Crippen MR) is 111 cm³/mol. The minimum absolute atomic E-state index is 0.00226. The zero-order valence-electron chi connectivity index (χ0n) is 16.5. The SMILES string of the molecule is CC(=O)c1ccc(-c2cccc(-c3ccn(CC(=O)N4CCCCC4)n3)c2)nc1. The third kappa shape index (κ3) is 4.42. The Kier molecular flexibility index (Phi) is 5.51. The van der Waals surface area contributed by atoms with Gasteiger partial charge in [0, 0.05) is 42.2 Å². The highest BCUT2D eigenvalue weighted by Gasteiger charge is 2.17. The van der Waals surface area contributed by atoms with Gasteiger partial charge in [0.2, 0.25) is 5.91 Å². The molecule has 0 spiro atoms. The van der Waals surface area contributed by atoms with Crippen LogP contribution in [0.25, 0.3) is 22.5 Å². The van der Waals surface area contributed by atoms with Crippen molar-refractivity contribution in [2.45, 2.75) is 32.7 Å². The summed E-state index contributed by atoms with van der Waals surface area (Å²) in [5.74, 6) is 0.130. The molecule has 3 heterocycles. The summed E-state index contributed by atoms with van der Waals surface area (Å²) in [5.41, 5.74) is 4.14. The number of Topliss-reactive ketones (excluding diaryl/α,β-unsaturated/α-hetero) is 1. The van der Waals surface area contributed by atoms with E-state index in [0.717, 1.165) is 48.4 Å². The Balaban J connectivity index is 1.50. The third-order valence-electron chi connectivity index (χ3n) is 5.27. The first kappa shape index (κ1) is 19.1. The van der Waals surface area contributed by atoms with Crippen LogP contribution in [0.1, 0.15) is 36.5 Å². The van der Waals surface area contributed by atoms with Crippen molar-refractivity contribution in [1.82, 2.24) is 19.7 Å². The highest BCUT2D eigenvalue weighted by Crippen LogP contribution is 2.24. The van der Waals surface area contributed by atoms with Crippen LogP contribution in [-0.4, -0.2) is 44.4 Å². The number of aromatic nitrogens is 3. The van der Waals surface area contributed by atoms with Crippen LogP contribution in [0.2, 0.25) is 0 Å². The molecule has 6 nitrogen and oxygen atoms in total. The maximum absolute atomic E-state index is 12.5. The molecule has 4 rings (SSSR count). The number of ketones is 1. The van der Waals surface area contributed by atoms with Crippen molar-refractivity contribution < 1.29 is 9.59 Å². The molecule has 0 bridgehead atoms. The number of hydrogen-bond acceptors (Lipinski definition) is 4. The van der Waals surface area contributed by atoms with Crippen molar-refractivity contribution in [3.05, 3.63) is 60.4 Å². The Morgan fingerprint density at radius 3 is 2.41 bits per heavy atom. The van der Waals surface area contributed by atoms with Crippen molar-refractivity contribution in [3.8, 4) is 22.5 Å². The van der Waals surface area contributed by atoms with E-state index in [2.05, 4.69) is 10.1 Å². The summed E-state index contributed by atoms with van der Waals surface area (Å²) in [6.07, 6.45) is 6.84. The van der Waals surface area contributed by atoms with E-state index in [4.69, 9.17) is 0 Å². The van der Waals surface area contributed by atoms with Gasteiger partial charge in [-0.1, -0.05) is 18.2 Å². The lowest BCUT2D eigenvalue weighted by Crippen LogP contribution is -2.37. The number of hydrogen-bond donors (Lipinski definition) is 0. The van der Waals surface area contributed by atoms with Crippen LogP contribution in [-0.2, 0) is 11.3 Å². The van der Waals surface area contributed by atoms with Gasteiger partial charge in [0.05, 0.1) is 11.4 Å². The zero-order chi connectivity index (χ0) is 20.2. The Hall–Kier alpha value is -3.28. The van der Waals surface area contributed by atoms with Crippen LogP contribution in [0.3, 0.4) is 0 Å². The molecule has 0 radical (unpaired) electrons. The topological polar surface area (TPSA) is 68.1 Å². The van der Waals surface area contributed by atoms with E-state index in [-0.39, 0.29) is 18.2 Å². The molecule has 29 heavy (non-hydrogen) atoms. The van der Waals surface area contributed by atoms with Gasteiger partial charge in [0.25, 0.3) is 0 Å². The summed E-state index contributed by atoms with van der Waals surface area (Å²) < 4.78 is 1.71. The van der Waals surface area contributed by atoms with E-state index in [1.54, 1.807) is 16.9 Å². The van der Waals surface area contributed by atoms with Gasteiger partial charge in [-0.2, -0.15) is 5.10 Å². The maximum atomic E-state index is 12.5. The van der Waals surface area contributed by atoms with E-state index in [1.165, 1.54) is 13.3 Å². The van der Waals surface area contributed by atoms with E-state index < -0.39 is 0 Å². The number of benzene rings is 1. The Bertz CT molecular complexity index is 1020. The van der Waals surface area contributed by atoms with Crippen LogP contribution in [0.15, 0.2) is 54.9 Å². The minimum Gasteiger partial charge on any atom is -0.341 e. The highest BCUT2D eigenvalue weighted by atomic mass is 16.2. The molecular formula is C23H24N4O2. The second kappa shape index (κ2) is 8.39. The van der Waals surface area contributed by atoms with Crippen molar-refractivity contribution in [3.63, 3.8) is 0 Å². The molecule has 148 valence electrons. The van der Waals surface area contributed by atoms with Crippen molar-refractivity contribution in [2.24, 2.45) is 0 Å². The first-order chi connectivity index (χ1) is 14.1. The third-order valence-corrected chi connectivity index (χ3v) is 5.27. The van der Waals surface area contributed by atoms with Gasteiger partial charge in [-0.3, -0.25) is 19.3 Å². The van der Waals surface area contributed by atoms with Crippen LogP contribution in [0, 0.1) is 0 Å². The van der Waals surface area contributed by atoms with Crippen molar-refractivity contribution >= 4 is 11.7 Å². The maximum Gasteiger partial charge on any atom is 0.244 e. The van der Waals surface area contributed by atoms with Crippen LogP contribution < -0.4 is 0 Å². The number of likely N-dealkylation sites (tertiary alicyclic amines) is 1. The molecule has 1 aliphatic rings. The fourth-order valence-corrected chi connectivity index (χ4v) is 3.60. The molecule has 1 aliphatic heterocycles. The van der Waals surface area contributed by atoms with E-state index in [0.29, 0.717) is 5.56 Å². The van der Waals surface area contributed by atoms with Crippen molar-refractivity contribution in [2.75, 3.05) is 13.1 Å². The number of pyridine rings is 1. The number of carbonyl (C=O) groups excluding carboxylic acids is 2. The van der Waals surface area contributed by atoms with Gasteiger partial charge in [0.1, 0.15) is 6.54 Å². The molecule has 0 aliphatic carbocycles. The lowest BCUT2D eigenvalue weighted by Gasteiger charge is -2.26. The quantitative estimate of drug-likeness (QED) is 0.623. The second-order valence-corrected chi connectivity index (χ2v) is 7.41. The molecule has 0 saturated carbocycles. The average Bonchev–Trinajstić information content (AvgIpc) is 3.23. The Labute approximate surface area is 170 Å². The van der Waals surface area contributed by atoms with Crippen LogP contribution in [0.4, 0.5) is 0 Å². The highest BCUT2D eigenvalue weighted by molar-refractivity contribution is 5.94. The molecule has 0 N–H and O–H groups in total. The van der Waals surface area contributed by atoms with Crippen LogP contribution in [0.5, 0.6) is 0 Å². The molecule has 1 fully saturated rings. The Morgan fingerprint density at radius 2 is 1.72 bits per heavy atom. The molecule has 6 heteroatoms. The van der Waals surface area contributed by atoms with Crippen molar-refractivity contribution in [1.29, 1.82) is 0 Å². The lowest BCUT2D eigenvalue weighted by molar-refractivity contribution is -0.132. The molecule has 1 amide bonds. The molecular weight excluding hydrogens is 364 g/mol. The van der Waals surface area contributed by atoms with Crippen LogP contribution >= 0.6 is 0 Å².